The molecule has 25 heavy (non-hydrogen) atoms. The maximum absolute atomic E-state index is 12.3. The molecule has 3 aromatic rings. The number of aryl methyl sites for hydroxylation is 1. The molecule has 1 aliphatic rings. The van der Waals surface area contributed by atoms with Crippen molar-refractivity contribution in [2.75, 3.05) is 6.79 Å². The summed E-state index contributed by atoms with van der Waals surface area (Å²) in [4.78, 5) is 16.5. The summed E-state index contributed by atoms with van der Waals surface area (Å²) < 4.78 is 12.6. The fourth-order valence-corrected chi connectivity index (χ4v) is 2.75. The highest BCUT2D eigenvalue weighted by Gasteiger charge is 2.16. The van der Waals surface area contributed by atoms with Crippen LogP contribution in [0, 0.1) is 6.92 Å². The molecule has 1 aromatic heterocycles. The summed E-state index contributed by atoms with van der Waals surface area (Å²) in [5.41, 5.74) is 2.62. The monoisotopic (exact) mass is 335 g/mol. The molecule has 0 atom stereocenters. The van der Waals surface area contributed by atoms with E-state index in [1.54, 1.807) is 24.4 Å². The predicted octanol–water partition coefficient (Wildman–Crippen LogP) is 2.84. The number of fused-ring (bicyclic) bond motifs is 1. The molecule has 0 radical (unpaired) electrons. The van der Waals surface area contributed by atoms with Crippen LogP contribution in [0.3, 0.4) is 0 Å². The van der Waals surface area contributed by atoms with Crippen LogP contribution in [0.4, 0.5) is 0 Å². The number of amides is 1. The van der Waals surface area contributed by atoms with Gasteiger partial charge in [0.05, 0.1) is 0 Å². The molecule has 6 heteroatoms. The summed E-state index contributed by atoms with van der Waals surface area (Å²) in [6, 6.07) is 13.2. The molecule has 0 saturated carbocycles. The number of ether oxygens (including phenoxy) is 2. The molecule has 0 unspecified atom stereocenters. The second-order valence-electron chi connectivity index (χ2n) is 5.76. The van der Waals surface area contributed by atoms with Gasteiger partial charge in [0.15, 0.2) is 11.5 Å². The Hall–Kier alpha value is -3.28. The van der Waals surface area contributed by atoms with Crippen LogP contribution >= 0.6 is 0 Å². The van der Waals surface area contributed by atoms with E-state index < -0.39 is 0 Å². The minimum atomic E-state index is -0.146. The lowest BCUT2D eigenvalue weighted by atomic mass is 10.1. The molecule has 1 aliphatic heterocycles. The van der Waals surface area contributed by atoms with Crippen molar-refractivity contribution >= 4 is 5.91 Å². The first-order valence-electron chi connectivity index (χ1n) is 7.98. The molecule has 0 saturated heterocycles. The van der Waals surface area contributed by atoms with Gasteiger partial charge in [-0.2, -0.15) is 0 Å². The van der Waals surface area contributed by atoms with Gasteiger partial charge in [-0.25, -0.2) is 4.98 Å². The van der Waals surface area contributed by atoms with Crippen molar-refractivity contribution in [3.8, 4) is 17.2 Å². The number of carbonyl (C=O) groups excluding carboxylic acids is 1. The van der Waals surface area contributed by atoms with Crippen LogP contribution in [0.1, 0.15) is 21.7 Å². The lowest BCUT2D eigenvalue weighted by Gasteiger charge is -2.08. The number of imidazole rings is 1. The third-order valence-corrected chi connectivity index (χ3v) is 4.13. The largest absolute Gasteiger partial charge is 0.454 e. The minimum absolute atomic E-state index is 0.146. The van der Waals surface area contributed by atoms with Crippen LogP contribution in [0.15, 0.2) is 54.9 Å². The summed E-state index contributed by atoms with van der Waals surface area (Å²) in [7, 11) is 0. The topological polar surface area (TPSA) is 65.4 Å². The average Bonchev–Trinajstić information content (AvgIpc) is 3.28. The smallest absolute Gasteiger partial charge is 0.251 e. The number of carbonyl (C=O) groups is 1. The number of hydrogen-bond donors (Lipinski definition) is 1. The van der Waals surface area contributed by atoms with Gasteiger partial charge in [-0.05, 0) is 42.8 Å². The van der Waals surface area contributed by atoms with Gasteiger partial charge in [0, 0.05) is 30.2 Å². The van der Waals surface area contributed by atoms with E-state index in [1.807, 2.05) is 42.0 Å². The van der Waals surface area contributed by atoms with E-state index in [1.165, 1.54) is 0 Å². The maximum atomic E-state index is 12.3. The zero-order valence-electron chi connectivity index (χ0n) is 13.7. The summed E-state index contributed by atoms with van der Waals surface area (Å²) in [6.45, 7) is 2.61. The normalized spacial score (nSPS) is 12.2. The lowest BCUT2D eigenvalue weighted by Crippen LogP contribution is -2.22. The van der Waals surface area contributed by atoms with Crippen LogP contribution in [0.5, 0.6) is 11.5 Å². The lowest BCUT2D eigenvalue weighted by molar-refractivity contribution is 0.0950. The highest BCUT2D eigenvalue weighted by Crippen LogP contribution is 2.32. The Labute approximate surface area is 145 Å². The number of aromatic nitrogens is 2. The molecule has 1 amide bonds. The van der Waals surface area contributed by atoms with Gasteiger partial charge in [0.2, 0.25) is 6.79 Å². The minimum Gasteiger partial charge on any atom is -0.454 e. The Morgan fingerprint density at radius 2 is 1.96 bits per heavy atom. The van der Waals surface area contributed by atoms with E-state index in [4.69, 9.17) is 9.47 Å². The van der Waals surface area contributed by atoms with Crippen molar-refractivity contribution in [3.63, 3.8) is 0 Å². The number of benzene rings is 2. The van der Waals surface area contributed by atoms with E-state index in [2.05, 4.69) is 10.3 Å². The third-order valence-electron chi connectivity index (χ3n) is 4.13. The maximum Gasteiger partial charge on any atom is 0.251 e. The molecule has 1 N–H and O–H groups in total. The summed E-state index contributed by atoms with van der Waals surface area (Å²) in [5, 5.41) is 2.92. The van der Waals surface area contributed by atoms with Gasteiger partial charge in [0.25, 0.3) is 5.91 Å². The third kappa shape index (κ3) is 3.06. The Balaban J connectivity index is 1.41. The van der Waals surface area contributed by atoms with Gasteiger partial charge < -0.3 is 19.4 Å². The Bertz CT molecular complexity index is 916. The van der Waals surface area contributed by atoms with Crippen molar-refractivity contribution in [2.45, 2.75) is 13.5 Å². The Morgan fingerprint density at radius 1 is 1.16 bits per heavy atom. The van der Waals surface area contributed by atoms with E-state index in [-0.39, 0.29) is 12.7 Å². The quantitative estimate of drug-likeness (QED) is 0.796. The molecule has 6 nitrogen and oxygen atoms in total. The van der Waals surface area contributed by atoms with E-state index in [9.17, 15) is 4.79 Å². The molecule has 0 fully saturated rings. The first-order valence-corrected chi connectivity index (χ1v) is 7.98. The standard InChI is InChI=1S/C19H17N3O3/c1-13-20-8-9-22(13)16-5-2-14(3-6-16)11-21-19(23)15-4-7-17-18(10-15)25-12-24-17/h2-10H,11-12H2,1H3,(H,21,23). The SMILES string of the molecule is Cc1nccn1-c1ccc(CNC(=O)c2ccc3c(c2)OCO3)cc1. The fraction of sp³-hybridized carbons (Fsp3) is 0.158. The van der Waals surface area contributed by atoms with Crippen LogP contribution in [-0.2, 0) is 6.54 Å². The van der Waals surface area contributed by atoms with E-state index in [0.29, 0.717) is 23.6 Å². The number of hydrogen-bond acceptors (Lipinski definition) is 4. The van der Waals surface area contributed by atoms with Gasteiger partial charge >= 0.3 is 0 Å². The van der Waals surface area contributed by atoms with Crippen molar-refractivity contribution < 1.29 is 14.3 Å². The van der Waals surface area contributed by atoms with Crippen LogP contribution in [0.2, 0.25) is 0 Å². The Morgan fingerprint density at radius 3 is 2.72 bits per heavy atom. The molecule has 4 rings (SSSR count). The van der Waals surface area contributed by atoms with Crippen LogP contribution in [0.25, 0.3) is 5.69 Å². The van der Waals surface area contributed by atoms with E-state index in [0.717, 1.165) is 17.1 Å². The van der Waals surface area contributed by atoms with Crippen molar-refractivity contribution in [1.82, 2.24) is 14.9 Å². The van der Waals surface area contributed by atoms with Gasteiger partial charge in [-0.3, -0.25) is 4.79 Å². The van der Waals surface area contributed by atoms with Gasteiger partial charge in [0.1, 0.15) is 5.82 Å². The average molecular weight is 335 g/mol. The number of nitrogens with one attached hydrogen (secondary N) is 1. The molecule has 0 spiro atoms. The van der Waals surface area contributed by atoms with Crippen molar-refractivity contribution in [3.05, 3.63) is 71.8 Å². The zero-order valence-corrected chi connectivity index (χ0v) is 13.7. The highest BCUT2D eigenvalue weighted by molar-refractivity contribution is 5.94. The van der Waals surface area contributed by atoms with Crippen molar-refractivity contribution in [1.29, 1.82) is 0 Å². The molecule has 126 valence electrons. The zero-order chi connectivity index (χ0) is 17.2. The second kappa shape index (κ2) is 6.32. The Kier molecular flexibility index (Phi) is 3.85. The summed E-state index contributed by atoms with van der Waals surface area (Å²) in [6.07, 6.45) is 3.70. The molecular formula is C19H17N3O3. The van der Waals surface area contributed by atoms with Gasteiger partial charge in [-0.1, -0.05) is 12.1 Å². The molecule has 2 aromatic carbocycles. The predicted molar refractivity (Wildman–Crippen MR) is 92.0 cm³/mol. The molecule has 0 aliphatic carbocycles. The molecule has 2 heterocycles. The fourth-order valence-electron chi connectivity index (χ4n) is 2.75. The molecular weight excluding hydrogens is 318 g/mol. The summed E-state index contributed by atoms with van der Waals surface area (Å²) >= 11 is 0. The molecule has 0 bridgehead atoms. The first kappa shape index (κ1) is 15.3. The van der Waals surface area contributed by atoms with Crippen LogP contribution < -0.4 is 14.8 Å². The number of rotatable bonds is 4. The summed E-state index contributed by atoms with van der Waals surface area (Å²) in [5.74, 6) is 2.06. The number of nitrogens with zero attached hydrogens (tertiary/aromatic N) is 2. The van der Waals surface area contributed by atoms with Crippen LogP contribution in [-0.4, -0.2) is 22.3 Å². The first-order chi connectivity index (χ1) is 12.2. The highest BCUT2D eigenvalue weighted by atomic mass is 16.7. The van der Waals surface area contributed by atoms with E-state index >= 15 is 0 Å². The van der Waals surface area contributed by atoms with Crippen molar-refractivity contribution in [2.24, 2.45) is 0 Å². The second-order valence-corrected chi connectivity index (χ2v) is 5.76. The van der Waals surface area contributed by atoms with Gasteiger partial charge in [-0.15, -0.1) is 0 Å².